The van der Waals surface area contributed by atoms with Gasteiger partial charge in [0.15, 0.2) is 6.20 Å². The van der Waals surface area contributed by atoms with Crippen molar-refractivity contribution in [1.82, 2.24) is 0 Å². The zero-order valence-electron chi connectivity index (χ0n) is 6.28. The summed E-state index contributed by atoms with van der Waals surface area (Å²) in [5.41, 5.74) is 0.933. The fourth-order valence-electron chi connectivity index (χ4n) is 0.971. The molecule has 1 aromatic heterocycles. The van der Waals surface area contributed by atoms with Crippen molar-refractivity contribution in [2.75, 3.05) is 0 Å². The van der Waals surface area contributed by atoms with E-state index in [0.717, 1.165) is 5.69 Å². The molecule has 0 aromatic carbocycles. The molecule has 0 aliphatic heterocycles. The molecule has 0 aliphatic rings. The highest BCUT2D eigenvalue weighted by atomic mass is 16.3. The van der Waals surface area contributed by atoms with Gasteiger partial charge in [0.1, 0.15) is 13.2 Å². The van der Waals surface area contributed by atoms with Crippen LogP contribution in [0.3, 0.4) is 0 Å². The van der Waals surface area contributed by atoms with Crippen molar-refractivity contribution in [2.24, 2.45) is 7.05 Å². The maximum atomic E-state index is 9.18. The number of rotatable bonds is 1. The quantitative estimate of drug-likeness (QED) is 0.563. The molecular weight excluding hydrogens is 126 g/mol. The number of aliphatic hydroxyl groups excluding tert-OH is 1. The number of aromatic nitrogens is 1. The average Bonchev–Trinajstić information content (AvgIpc) is 1.88. The Bertz CT molecular complexity index is 220. The van der Waals surface area contributed by atoms with Gasteiger partial charge in [-0.2, -0.15) is 0 Å². The minimum Gasteiger partial charge on any atom is -0.382 e. The monoisotopic (exact) mass is 138 g/mol. The highest BCUT2D eigenvalue weighted by Gasteiger charge is 2.09. The maximum absolute atomic E-state index is 9.18. The van der Waals surface area contributed by atoms with Crippen LogP contribution in [0.1, 0.15) is 18.7 Å². The fourth-order valence-corrected chi connectivity index (χ4v) is 0.971. The third-order valence-corrected chi connectivity index (χ3v) is 1.52. The molecule has 1 rings (SSSR count). The second kappa shape index (κ2) is 2.80. The Labute approximate surface area is 60.8 Å². The van der Waals surface area contributed by atoms with E-state index in [1.807, 2.05) is 36.0 Å². The van der Waals surface area contributed by atoms with E-state index in [1.165, 1.54) is 0 Å². The van der Waals surface area contributed by atoms with Crippen LogP contribution >= 0.6 is 0 Å². The second-order valence-electron chi connectivity index (χ2n) is 2.41. The number of nitrogens with zero attached hydrogens (tertiary/aromatic N) is 1. The van der Waals surface area contributed by atoms with Crippen molar-refractivity contribution in [3.8, 4) is 0 Å². The van der Waals surface area contributed by atoms with Gasteiger partial charge in [0.05, 0.1) is 0 Å². The van der Waals surface area contributed by atoms with Crippen LogP contribution in [-0.2, 0) is 7.05 Å². The van der Waals surface area contributed by atoms with Gasteiger partial charge in [0, 0.05) is 12.1 Å². The summed E-state index contributed by atoms with van der Waals surface area (Å²) in [6.07, 6.45) is 1.54. The van der Waals surface area contributed by atoms with E-state index in [2.05, 4.69) is 0 Å². The van der Waals surface area contributed by atoms with E-state index in [-0.39, 0.29) is 6.10 Å². The van der Waals surface area contributed by atoms with Crippen LogP contribution in [0.4, 0.5) is 0 Å². The van der Waals surface area contributed by atoms with Gasteiger partial charge in [0.25, 0.3) is 0 Å². The summed E-state index contributed by atoms with van der Waals surface area (Å²) in [5, 5.41) is 9.18. The van der Waals surface area contributed by atoms with Crippen LogP contribution < -0.4 is 4.57 Å². The first-order chi connectivity index (χ1) is 4.72. The number of hydrogen-bond acceptors (Lipinski definition) is 1. The molecule has 0 bridgehead atoms. The van der Waals surface area contributed by atoms with E-state index < -0.39 is 0 Å². The largest absolute Gasteiger partial charge is 0.382 e. The molecule has 2 heteroatoms. The van der Waals surface area contributed by atoms with Crippen molar-refractivity contribution in [3.63, 3.8) is 0 Å². The number of aliphatic hydroxyl groups is 1. The number of pyridine rings is 1. The standard InChI is InChI=1S/C8H12NO/c1-7(10)8-5-3-4-6-9(8)2/h3-7,10H,1-2H3/q+1. The van der Waals surface area contributed by atoms with Crippen molar-refractivity contribution < 1.29 is 9.67 Å². The van der Waals surface area contributed by atoms with Gasteiger partial charge < -0.3 is 5.11 Å². The molecule has 0 amide bonds. The predicted molar refractivity (Wildman–Crippen MR) is 38.3 cm³/mol. The third-order valence-electron chi connectivity index (χ3n) is 1.52. The summed E-state index contributed by atoms with van der Waals surface area (Å²) >= 11 is 0. The summed E-state index contributed by atoms with van der Waals surface area (Å²) in [7, 11) is 1.92. The van der Waals surface area contributed by atoms with Crippen LogP contribution in [0.2, 0.25) is 0 Å². The van der Waals surface area contributed by atoms with Crippen LogP contribution in [-0.4, -0.2) is 5.11 Å². The molecule has 1 unspecified atom stereocenters. The SMILES string of the molecule is CC(O)c1cccc[n+]1C. The zero-order valence-corrected chi connectivity index (χ0v) is 6.28. The Hall–Kier alpha value is -0.890. The summed E-state index contributed by atoms with van der Waals surface area (Å²) in [6.45, 7) is 1.76. The topological polar surface area (TPSA) is 24.1 Å². The van der Waals surface area contributed by atoms with Crippen LogP contribution in [0.25, 0.3) is 0 Å². The summed E-state index contributed by atoms with van der Waals surface area (Å²) in [6, 6.07) is 5.76. The predicted octanol–water partition coefficient (Wildman–Crippen LogP) is 0.564. The minimum absolute atomic E-state index is 0.383. The molecule has 54 valence electrons. The first kappa shape index (κ1) is 7.22. The lowest BCUT2D eigenvalue weighted by Gasteiger charge is -1.99. The first-order valence-corrected chi connectivity index (χ1v) is 3.34. The van der Waals surface area contributed by atoms with Gasteiger partial charge in [-0.1, -0.05) is 6.07 Å². The molecule has 0 spiro atoms. The van der Waals surface area contributed by atoms with Crippen LogP contribution in [0.15, 0.2) is 24.4 Å². The Kier molecular flexibility index (Phi) is 2.02. The zero-order chi connectivity index (χ0) is 7.56. The van der Waals surface area contributed by atoms with E-state index in [1.54, 1.807) is 6.92 Å². The molecule has 0 radical (unpaired) electrons. The summed E-state index contributed by atoms with van der Waals surface area (Å²) < 4.78 is 1.91. The molecule has 2 nitrogen and oxygen atoms in total. The van der Waals surface area contributed by atoms with Crippen molar-refractivity contribution in [3.05, 3.63) is 30.1 Å². The molecule has 0 fully saturated rings. The average molecular weight is 138 g/mol. The minimum atomic E-state index is -0.383. The Morgan fingerprint density at radius 2 is 2.20 bits per heavy atom. The van der Waals surface area contributed by atoms with Crippen LogP contribution in [0, 0.1) is 0 Å². The lowest BCUT2D eigenvalue weighted by molar-refractivity contribution is -0.682. The lowest BCUT2D eigenvalue weighted by Crippen LogP contribution is -2.33. The molecule has 1 aromatic rings. The first-order valence-electron chi connectivity index (χ1n) is 3.34. The molecular formula is C8H12NO+. The van der Waals surface area contributed by atoms with Crippen molar-refractivity contribution in [1.29, 1.82) is 0 Å². The smallest absolute Gasteiger partial charge is 0.209 e. The van der Waals surface area contributed by atoms with E-state index >= 15 is 0 Å². The van der Waals surface area contributed by atoms with E-state index in [9.17, 15) is 5.11 Å². The Morgan fingerprint density at radius 3 is 2.60 bits per heavy atom. The van der Waals surface area contributed by atoms with Gasteiger partial charge >= 0.3 is 0 Å². The number of hydrogen-bond donors (Lipinski definition) is 1. The van der Waals surface area contributed by atoms with Gasteiger partial charge in [0.2, 0.25) is 5.69 Å². The summed E-state index contributed by atoms with van der Waals surface area (Å²) in [4.78, 5) is 0. The Morgan fingerprint density at radius 1 is 1.50 bits per heavy atom. The number of aryl methyl sites for hydroxylation is 1. The Balaban J connectivity index is 3.03. The summed E-state index contributed by atoms with van der Waals surface area (Å²) in [5.74, 6) is 0. The normalized spacial score (nSPS) is 13.1. The molecule has 0 saturated heterocycles. The van der Waals surface area contributed by atoms with Gasteiger partial charge in [-0.3, -0.25) is 0 Å². The highest BCUT2D eigenvalue weighted by molar-refractivity contribution is 4.98. The highest BCUT2D eigenvalue weighted by Crippen LogP contribution is 2.03. The van der Waals surface area contributed by atoms with Crippen molar-refractivity contribution in [2.45, 2.75) is 13.0 Å². The van der Waals surface area contributed by atoms with Gasteiger partial charge in [-0.15, -0.1) is 0 Å². The van der Waals surface area contributed by atoms with E-state index in [4.69, 9.17) is 0 Å². The van der Waals surface area contributed by atoms with Gasteiger partial charge in [-0.25, -0.2) is 4.57 Å². The molecule has 0 saturated carbocycles. The van der Waals surface area contributed by atoms with Crippen LogP contribution in [0.5, 0.6) is 0 Å². The molecule has 1 atom stereocenters. The fraction of sp³-hybridized carbons (Fsp3) is 0.375. The second-order valence-corrected chi connectivity index (χ2v) is 2.41. The maximum Gasteiger partial charge on any atom is 0.209 e. The van der Waals surface area contributed by atoms with Gasteiger partial charge in [-0.05, 0) is 6.92 Å². The van der Waals surface area contributed by atoms with E-state index in [0.29, 0.717) is 0 Å². The van der Waals surface area contributed by atoms with Crippen molar-refractivity contribution >= 4 is 0 Å². The molecule has 1 N–H and O–H groups in total. The molecule has 1 heterocycles. The third kappa shape index (κ3) is 1.33. The molecule has 10 heavy (non-hydrogen) atoms. The lowest BCUT2D eigenvalue weighted by atomic mass is 10.2. The molecule has 0 aliphatic carbocycles.